The van der Waals surface area contributed by atoms with Gasteiger partial charge in [-0.3, -0.25) is 0 Å². The van der Waals surface area contributed by atoms with Gasteiger partial charge in [0.15, 0.2) is 0 Å². The zero-order valence-electron chi connectivity index (χ0n) is 7.33. The first-order chi connectivity index (χ1) is 5.15. The van der Waals surface area contributed by atoms with Crippen molar-refractivity contribution in [2.75, 3.05) is 6.61 Å². The molecule has 2 heteroatoms. The van der Waals surface area contributed by atoms with Crippen molar-refractivity contribution in [3.05, 3.63) is 0 Å². The fourth-order valence-corrected chi connectivity index (χ4v) is 1.89. The second-order valence-corrected chi connectivity index (χ2v) is 3.99. The minimum Gasteiger partial charge on any atom is -0.396 e. The largest absolute Gasteiger partial charge is 0.396 e. The molecule has 0 aliphatic heterocycles. The first kappa shape index (κ1) is 9.01. The lowest BCUT2D eigenvalue weighted by molar-refractivity contribution is 0.0904. The van der Waals surface area contributed by atoms with Crippen molar-refractivity contribution in [1.82, 2.24) is 0 Å². The highest BCUT2D eigenvalue weighted by atomic mass is 16.3. The highest BCUT2D eigenvalue weighted by Gasteiger charge is 2.33. The van der Waals surface area contributed by atoms with E-state index in [-0.39, 0.29) is 18.6 Å². The second kappa shape index (κ2) is 3.55. The van der Waals surface area contributed by atoms with Gasteiger partial charge < -0.3 is 10.2 Å². The number of hydrogen-bond acceptors (Lipinski definition) is 2. The Morgan fingerprint density at radius 1 is 1.36 bits per heavy atom. The molecule has 0 unspecified atom stereocenters. The summed E-state index contributed by atoms with van der Waals surface area (Å²) in [5.74, 6) is 1.39. The standard InChI is InChI=1S/C9H18O2/c1-6(2)7-3-8(5-10)9(11)4-7/h6-11H,3-5H2,1-2H3/t7-,8-,9+/m1/s1. The fraction of sp³-hybridized carbons (Fsp3) is 1.00. The highest BCUT2D eigenvalue weighted by molar-refractivity contribution is 4.83. The minimum atomic E-state index is -0.257. The van der Waals surface area contributed by atoms with E-state index in [4.69, 9.17) is 5.11 Å². The Morgan fingerprint density at radius 2 is 2.00 bits per heavy atom. The molecular weight excluding hydrogens is 140 g/mol. The van der Waals surface area contributed by atoms with Crippen LogP contribution in [0.1, 0.15) is 26.7 Å². The summed E-state index contributed by atoms with van der Waals surface area (Å²) in [6.07, 6.45) is 1.62. The molecule has 2 nitrogen and oxygen atoms in total. The summed E-state index contributed by atoms with van der Waals surface area (Å²) in [4.78, 5) is 0. The van der Waals surface area contributed by atoms with Crippen LogP contribution in [0.25, 0.3) is 0 Å². The summed E-state index contributed by atoms with van der Waals surface area (Å²) in [5.41, 5.74) is 0. The summed E-state index contributed by atoms with van der Waals surface area (Å²) >= 11 is 0. The van der Waals surface area contributed by atoms with E-state index >= 15 is 0 Å². The van der Waals surface area contributed by atoms with Crippen molar-refractivity contribution < 1.29 is 10.2 Å². The third kappa shape index (κ3) is 1.94. The molecule has 0 spiro atoms. The van der Waals surface area contributed by atoms with Crippen LogP contribution in [0.5, 0.6) is 0 Å². The molecule has 1 rings (SSSR count). The maximum Gasteiger partial charge on any atom is 0.0593 e. The van der Waals surface area contributed by atoms with E-state index in [0.29, 0.717) is 11.8 Å². The molecule has 1 saturated carbocycles. The fourth-order valence-electron chi connectivity index (χ4n) is 1.89. The number of aliphatic hydroxyl groups excluding tert-OH is 2. The van der Waals surface area contributed by atoms with Crippen LogP contribution in [0.2, 0.25) is 0 Å². The van der Waals surface area contributed by atoms with Crippen LogP contribution in [0.3, 0.4) is 0 Å². The molecule has 3 atom stereocenters. The molecule has 0 heterocycles. The van der Waals surface area contributed by atoms with Gasteiger partial charge in [-0.05, 0) is 24.7 Å². The molecule has 0 aromatic rings. The normalized spacial score (nSPS) is 38.5. The maximum absolute atomic E-state index is 9.45. The van der Waals surface area contributed by atoms with Crippen LogP contribution < -0.4 is 0 Å². The van der Waals surface area contributed by atoms with E-state index < -0.39 is 0 Å². The average molecular weight is 158 g/mol. The van der Waals surface area contributed by atoms with Crippen LogP contribution in [-0.2, 0) is 0 Å². The zero-order valence-corrected chi connectivity index (χ0v) is 7.33. The van der Waals surface area contributed by atoms with Gasteiger partial charge in [0.25, 0.3) is 0 Å². The van der Waals surface area contributed by atoms with Crippen LogP contribution in [0.15, 0.2) is 0 Å². The van der Waals surface area contributed by atoms with Gasteiger partial charge in [-0.15, -0.1) is 0 Å². The van der Waals surface area contributed by atoms with Gasteiger partial charge in [0.1, 0.15) is 0 Å². The Bertz CT molecular complexity index is 123. The Morgan fingerprint density at radius 3 is 2.27 bits per heavy atom. The highest BCUT2D eigenvalue weighted by Crippen LogP contribution is 2.35. The average Bonchev–Trinajstić information content (AvgIpc) is 2.31. The van der Waals surface area contributed by atoms with Crippen molar-refractivity contribution in [3.63, 3.8) is 0 Å². The molecule has 0 bridgehead atoms. The van der Waals surface area contributed by atoms with E-state index in [1.54, 1.807) is 0 Å². The lowest BCUT2D eigenvalue weighted by Gasteiger charge is -2.12. The molecule has 66 valence electrons. The first-order valence-corrected chi connectivity index (χ1v) is 4.44. The van der Waals surface area contributed by atoms with Crippen LogP contribution in [-0.4, -0.2) is 22.9 Å². The molecule has 0 radical (unpaired) electrons. The number of hydrogen-bond donors (Lipinski definition) is 2. The van der Waals surface area contributed by atoms with Gasteiger partial charge in [-0.2, -0.15) is 0 Å². The summed E-state index contributed by atoms with van der Waals surface area (Å²) in [6.45, 7) is 4.50. The molecule has 0 aromatic carbocycles. The third-order valence-corrected chi connectivity index (χ3v) is 2.87. The molecule has 0 saturated heterocycles. The molecule has 0 aromatic heterocycles. The lowest BCUT2D eigenvalue weighted by Crippen LogP contribution is -2.16. The Hall–Kier alpha value is -0.0800. The lowest BCUT2D eigenvalue weighted by atomic mass is 9.93. The summed E-state index contributed by atoms with van der Waals surface area (Å²) in [5, 5.41) is 18.3. The van der Waals surface area contributed by atoms with Gasteiger partial charge in [0.2, 0.25) is 0 Å². The maximum atomic E-state index is 9.45. The first-order valence-electron chi connectivity index (χ1n) is 4.44. The van der Waals surface area contributed by atoms with Crippen molar-refractivity contribution in [3.8, 4) is 0 Å². The van der Waals surface area contributed by atoms with Crippen LogP contribution in [0.4, 0.5) is 0 Å². The quantitative estimate of drug-likeness (QED) is 0.630. The van der Waals surface area contributed by atoms with Gasteiger partial charge >= 0.3 is 0 Å². The number of rotatable bonds is 2. The third-order valence-electron chi connectivity index (χ3n) is 2.87. The summed E-state index contributed by atoms with van der Waals surface area (Å²) in [7, 11) is 0. The zero-order chi connectivity index (χ0) is 8.43. The van der Waals surface area contributed by atoms with Gasteiger partial charge in [0.05, 0.1) is 6.10 Å². The molecule has 11 heavy (non-hydrogen) atoms. The van der Waals surface area contributed by atoms with Crippen LogP contribution in [0, 0.1) is 17.8 Å². The van der Waals surface area contributed by atoms with Crippen molar-refractivity contribution in [1.29, 1.82) is 0 Å². The van der Waals surface area contributed by atoms with E-state index in [2.05, 4.69) is 13.8 Å². The molecular formula is C9H18O2. The molecule has 0 amide bonds. The number of aliphatic hydroxyl groups is 2. The van der Waals surface area contributed by atoms with E-state index in [9.17, 15) is 5.11 Å². The predicted molar refractivity (Wildman–Crippen MR) is 44.1 cm³/mol. The monoisotopic (exact) mass is 158 g/mol. The minimum absolute atomic E-state index is 0.141. The van der Waals surface area contributed by atoms with Crippen molar-refractivity contribution in [2.45, 2.75) is 32.8 Å². The molecule has 1 fully saturated rings. The van der Waals surface area contributed by atoms with E-state index in [1.165, 1.54) is 0 Å². The Balaban J connectivity index is 2.43. The van der Waals surface area contributed by atoms with Gasteiger partial charge in [0, 0.05) is 12.5 Å². The Labute approximate surface area is 68.2 Å². The smallest absolute Gasteiger partial charge is 0.0593 e. The Kier molecular flexibility index (Phi) is 2.90. The SMILES string of the molecule is CC(C)[C@@H]1C[C@H](CO)[C@@H](O)C1. The van der Waals surface area contributed by atoms with Crippen molar-refractivity contribution in [2.24, 2.45) is 17.8 Å². The molecule has 2 N–H and O–H groups in total. The van der Waals surface area contributed by atoms with E-state index in [0.717, 1.165) is 12.8 Å². The van der Waals surface area contributed by atoms with Gasteiger partial charge in [-0.25, -0.2) is 0 Å². The van der Waals surface area contributed by atoms with Crippen LogP contribution >= 0.6 is 0 Å². The van der Waals surface area contributed by atoms with Crippen molar-refractivity contribution >= 4 is 0 Å². The van der Waals surface area contributed by atoms with E-state index in [1.807, 2.05) is 0 Å². The predicted octanol–water partition coefficient (Wildman–Crippen LogP) is 1.02. The molecule has 1 aliphatic rings. The second-order valence-electron chi connectivity index (χ2n) is 3.99. The molecule has 1 aliphatic carbocycles. The topological polar surface area (TPSA) is 40.5 Å². The summed E-state index contributed by atoms with van der Waals surface area (Å²) in [6, 6.07) is 0. The van der Waals surface area contributed by atoms with Gasteiger partial charge in [-0.1, -0.05) is 13.8 Å². The summed E-state index contributed by atoms with van der Waals surface area (Å²) < 4.78 is 0.